The molecule has 1 fully saturated rings. The van der Waals surface area contributed by atoms with Crippen LogP contribution in [0, 0.1) is 0 Å². The van der Waals surface area contributed by atoms with E-state index in [1.165, 1.54) is 0 Å². The van der Waals surface area contributed by atoms with Crippen LogP contribution in [-0.4, -0.2) is 52.9 Å². The smallest absolute Gasteiger partial charge is 0.224 e. The van der Waals surface area contributed by atoms with Gasteiger partial charge < -0.3 is 10.6 Å². The van der Waals surface area contributed by atoms with E-state index in [4.69, 9.17) is 0 Å². The summed E-state index contributed by atoms with van der Waals surface area (Å²) in [5.41, 5.74) is 0. The first-order valence-electron chi connectivity index (χ1n) is 5.30. The topological polar surface area (TPSA) is 58.0 Å². The molecule has 0 saturated carbocycles. The van der Waals surface area contributed by atoms with Crippen LogP contribution in [0.3, 0.4) is 0 Å². The molecule has 1 aliphatic heterocycles. The largest absolute Gasteiger partial charge is 0.357 e. The Hall–Kier alpha value is -1.14. The molecule has 2 rings (SSSR count). The lowest BCUT2D eigenvalue weighted by Gasteiger charge is -2.26. The van der Waals surface area contributed by atoms with Gasteiger partial charge in [-0.3, -0.25) is 9.47 Å². The molecule has 1 aromatic rings. The highest BCUT2D eigenvalue weighted by Crippen LogP contribution is 2.07. The predicted octanol–water partition coefficient (Wildman–Crippen LogP) is -0.738. The van der Waals surface area contributed by atoms with Crippen molar-refractivity contribution in [1.29, 1.82) is 0 Å². The Morgan fingerprint density at radius 1 is 1.33 bits per heavy atom. The van der Waals surface area contributed by atoms with Gasteiger partial charge in [0.15, 0.2) is 0 Å². The van der Waals surface area contributed by atoms with E-state index in [1.807, 2.05) is 18.7 Å². The maximum Gasteiger partial charge on any atom is 0.224 e. The summed E-state index contributed by atoms with van der Waals surface area (Å²) in [5.74, 6) is 1.83. The van der Waals surface area contributed by atoms with E-state index in [9.17, 15) is 0 Å². The van der Waals surface area contributed by atoms with Crippen molar-refractivity contribution < 1.29 is 0 Å². The van der Waals surface area contributed by atoms with Crippen LogP contribution in [-0.2, 0) is 13.6 Å². The Morgan fingerprint density at radius 3 is 2.67 bits per heavy atom. The lowest BCUT2D eigenvalue weighted by Crippen LogP contribution is -2.43. The lowest BCUT2D eigenvalue weighted by molar-refractivity contribution is 0.226. The third-order valence-corrected chi connectivity index (χ3v) is 2.76. The molecule has 84 valence electrons. The first-order chi connectivity index (χ1) is 7.31. The SMILES string of the molecule is CNc1nnc(CN2CCNCC2)n1C. The van der Waals surface area contributed by atoms with Crippen molar-refractivity contribution in [1.82, 2.24) is 25.0 Å². The molecule has 2 N–H and O–H groups in total. The minimum Gasteiger partial charge on any atom is -0.357 e. The molecule has 0 unspecified atom stereocenters. The Bertz CT molecular complexity index is 314. The summed E-state index contributed by atoms with van der Waals surface area (Å²) in [4.78, 5) is 2.39. The van der Waals surface area contributed by atoms with Crippen LogP contribution in [0.4, 0.5) is 5.95 Å². The van der Waals surface area contributed by atoms with E-state index in [-0.39, 0.29) is 0 Å². The van der Waals surface area contributed by atoms with Crippen LogP contribution >= 0.6 is 0 Å². The molecule has 0 bridgehead atoms. The quantitative estimate of drug-likeness (QED) is 0.688. The number of hydrogen-bond donors (Lipinski definition) is 2. The second-order valence-electron chi connectivity index (χ2n) is 3.77. The number of nitrogens with zero attached hydrogens (tertiary/aromatic N) is 4. The molecule has 0 aromatic carbocycles. The normalized spacial score (nSPS) is 18.0. The van der Waals surface area contributed by atoms with Crippen LogP contribution in [0.25, 0.3) is 0 Å². The summed E-state index contributed by atoms with van der Waals surface area (Å²) >= 11 is 0. The fourth-order valence-corrected chi connectivity index (χ4v) is 1.79. The average Bonchev–Trinajstić information content (AvgIpc) is 2.62. The molecule has 0 aliphatic carbocycles. The highest BCUT2D eigenvalue weighted by molar-refractivity contribution is 5.23. The van der Waals surface area contributed by atoms with Crippen LogP contribution in [0.5, 0.6) is 0 Å². The van der Waals surface area contributed by atoms with Crippen molar-refractivity contribution in [2.45, 2.75) is 6.54 Å². The number of rotatable bonds is 3. The van der Waals surface area contributed by atoms with E-state index >= 15 is 0 Å². The van der Waals surface area contributed by atoms with Gasteiger partial charge in [0.25, 0.3) is 0 Å². The monoisotopic (exact) mass is 210 g/mol. The summed E-state index contributed by atoms with van der Waals surface area (Å²) in [5, 5.41) is 14.6. The molecule has 6 heteroatoms. The van der Waals surface area contributed by atoms with Crippen molar-refractivity contribution in [3.63, 3.8) is 0 Å². The second-order valence-corrected chi connectivity index (χ2v) is 3.77. The molecule has 0 amide bonds. The summed E-state index contributed by atoms with van der Waals surface area (Å²) in [6.07, 6.45) is 0. The van der Waals surface area contributed by atoms with E-state index in [0.29, 0.717) is 0 Å². The van der Waals surface area contributed by atoms with Crippen molar-refractivity contribution in [3.8, 4) is 0 Å². The minimum absolute atomic E-state index is 0.820. The zero-order valence-electron chi connectivity index (χ0n) is 9.32. The van der Waals surface area contributed by atoms with Gasteiger partial charge >= 0.3 is 0 Å². The fraction of sp³-hybridized carbons (Fsp3) is 0.778. The summed E-state index contributed by atoms with van der Waals surface area (Å²) in [6.45, 7) is 5.18. The highest BCUT2D eigenvalue weighted by atomic mass is 15.4. The zero-order valence-corrected chi connectivity index (χ0v) is 9.32. The summed E-state index contributed by atoms with van der Waals surface area (Å²) < 4.78 is 2.00. The number of hydrogen-bond acceptors (Lipinski definition) is 5. The van der Waals surface area contributed by atoms with Gasteiger partial charge in [-0.1, -0.05) is 0 Å². The van der Waals surface area contributed by atoms with Gasteiger partial charge in [-0.2, -0.15) is 0 Å². The Morgan fingerprint density at radius 2 is 2.07 bits per heavy atom. The zero-order chi connectivity index (χ0) is 10.7. The number of nitrogens with one attached hydrogen (secondary N) is 2. The molecule has 1 saturated heterocycles. The standard InChI is InChI=1S/C9H18N6/c1-10-9-13-12-8(14(9)2)7-15-5-3-11-4-6-15/h11H,3-7H2,1-2H3,(H,10,13). The number of aromatic nitrogens is 3. The molecule has 1 aliphatic rings. The van der Waals surface area contributed by atoms with Crippen molar-refractivity contribution in [2.75, 3.05) is 38.5 Å². The molecular weight excluding hydrogens is 192 g/mol. The van der Waals surface area contributed by atoms with Crippen molar-refractivity contribution >= 4 is 5.95 Å². The molecule has 0 radical (unpaired) electrons. The lowest BCUT2D eigenvalue weighted by atomic mass is 10.3. The predicted molar refractivity (Wildman–Crippen MR) is 58.7 cm³/mol. The van der Waals surface area contributed by atoms with Crippen molar-refractivity contribution in [2.24, 2.45) is 7.05 Å². The number of piperazine rings is 1. The Labute approximate surface area is 89.7 Å². The minimum atomic E-state index is 0.820. The molecule has 6 nitrogen and oxygen atoms in total. The summed E-state index contributed by atoms with van der Waals surface area (Å²) in [7, 11) is 3.85. The summed E-state index contributed by atoms with van der Waals surface area (Å²) in [6, 6.07) is 0. The third kappa shape index (κ3) is 2.27. The van der Waals surface area contributed by atoms with Crippen LogP contribution < -0.4 is 10.6 Å². The second kappa shape index (κ2) is 4.59. The van der Waals surface area contributed by atoms with Crippen LogP contribution in [0.1, 0.15) is 5.82 Å². The highest BCUT2D eigenvalue weighted by Gasteiger charge is 2.14. The maximum atomic E-state index is 4.17. The van der Waals surface area contributed by atoms with Crippen LogP contribution in [0.15, 0.2) is 0 Å². The van der Waals surface area contributed by atoms with Gasteiger partial charge in [0.05, 0.1) is 6.54 Å². The number of anilines is 1. The van der Waals surface area contributed by atoms with Gasteiger partial charge in [0.1, 0.15) is 5.82 Å². The molecular formula is C9H18N6. The first-order valence-corrected chi connectivity index (χ1v) is 5.30. The van der Waals surface area contributed by atoms with E-state index in [0.717, 1.165) is 44.5 Å². The van der Waals surface area contributed by atoms with Crippen molar-refractivity contribution in [3.05, 3.63) is 5.82 Å². The Kier molecular flexibility index (Phi) is 3.17. The van der Waals surface area contributed by atoms with Gasteiger partial charge in [0.2, 0.25) is 5.95 Å². The molecule has 15 heavy (non-hydrogen) atoms. The van der Waals surface area contributed by atoms with Gasteiger partial charge in [-0.15, -0.1) is 10.2 Å². The average molecular weight is 210 g/mol. The molecule has 0 atom stereocenters. The van der Waals surface area contributed by atoms with E-state index in [2.05, 4.69) is 25.7 Å². The van der Waals surface area contributed by atoms with E-state index in [1.54, 1.807) is 0 Å². The molecule has 0 spiro atoms. The van der Waals surface area contributed by atoms with Gasteiger partial charge in [0, 0.05) is 40.3 Å². The van der Waals surface area contributed by atoms with Gasteiger partial charge in [-0.05, 0) is 0 Å². The fourth-order valence-electron chi connectivity index (χ4n) is 1.79. The van der Waals surface area contributed by atoms with E-state index < -0.39 is 0 Å². The molecule has 1 aromatic heterocycles. The van der Waals surface area contributed by atoms with Crippen LogP contribution in [0.2, 0.25) is 0 Å². The first kappa shape index (κ1) is 10.4. The Balaban J connectivity index is 2.00. The maximum absolute atomic E-state index is 4.17. The molecule has 2 heterocycles. The van der Waals surface area contributed by atoms with Gasteiger partial charge in [-0.25, -0.2) is 0 Å². The third-order valence-electron chi connectivity index (χ3n) is 2.76.